The first kappa shape index (κ1) is 21.7. The van der Waals surface area contributed by atoms with E-state index in [1.165, 1.54) is 4.90 Å². The lowest BCUT2D eigenvalue weighted by molar-refractivity contribution is 0.0954. The van der Waals surface area contributed by atoms with Crippen molar-refractivity contribution < 1.29 is 9.59 Å². The molecule has 3 aromatic carbocycles. The van der Waals surface area contributed by atoms with Gasteiger partial charge in [-0.05, 0) is 65.9 Å². The highest BCUT2D eigenvalue weighted by molar-refractivity contribution is 7.98. The van der Waals surface area contributed by atoms with E-state index >= 15 is 0 Å². The summed E-state index contributed by atoms with van der Waals surface area (Å²) in [6.07, 6.45) is 2.04. The lowest BCUT2D eigenvalue weighted by Gasteiger charge is -2.10. The number of hydrogen-bond acceptors (Lipinski definition) is 3. The lowest BCUT2D eigenvalue weighted by Crippen LogP contribution is -2.36. The van der Waals surface area contributed by atoms with Crippen molar-refractivity contribution in [1.82, 2.24) is 10.6 Å². The zero-order valence-electron chi connectivity index (χ0n) is 16.4. The molecule has 0 unspecified atom stereocenters. The van der Waals surface area contributed by atoms with Crippen molar-refractivity contribution in [2.75, 3.05) is 24.7 Å². The Hall–Kier alpha value is -2.96. The van der Waals surface area contributed by atoms with Gasteiger partial charge in [0.25, 0.3) is 5.91 Å². The van der Waals surface area contributed by atoms with Crippen molar-refractivity contribution in [3.8, 4) is 11.1 Å². The molecule has 5 nitrogen and oxygen atoms in total. The summed E-state index contributed by atoms with van der Waals surface area (Å²) in [6, 6.07) is 22.2. The van der Waals surface area contributed by atoms with Gasteiger partial charge >= 0.3 is 6.03 Å². The minimum Gasteiger partial charge on any atom is -0.350 e. The second-order valence-electron chi connectivity index (χ2n) is 6.45. The van der Waals surface area contributed by atoms with E-state index in [1.54, 1.807) is 42.1 Å². The van der Waals surface area contributed by atoms with Gasteiger partial charge in [0.1, 0.15) is 0 Å². The van der Waals surface area contributed by atoms with Crippen molar-refractivity contribution in [3.05, 3.63) is 83.4 Å². The fraction of sp³-hybridized carbons (Fsp3) is 0.130. The summed E-state index contributed by atoms with van der Waals surface area (Å²) in [6.45, 7) is 0.626. The van der Waals surface area contributed by atoms with Gasteiger partial charge < -0.3 is 16.0 Å². The Morgan fingerprint density at radius 1 is 0.867 bits per heavy atom. The minimum atomic E-state index is -0.345. The van der Waals surface area contributed by atoms with E-state index < -0.39 is 0 Å². The van der Waals surface area contributed by atoms with Gasteiger partial charge in [-0.3, -0.25) is 4.79 Å². The van der Waals surface area contributed by atoms with Crippen LogP contribution in [0, 0.1) is 0 Å². The molecule has 3 amide bonds. The molecule has 7 heteroatoms. The van der Waals surface area contributed by atoms with Crippen molar-refractivity contribution in [2.24, 2.45) is 0 Å². The second kappa shape index (κ2) is 10.7. The average molecular weight is 440 g/mol. The number of carbonyl (C=O) groups is 2. The molecule has 0 aliphatic rings. The van der Waals surface area contributed by atoms with Crippen LogP contribution < -0.4 is 16.0 Å². The number of hydrogen-bond donors (Lipinski definition) is 3. The van der Waals surface area contributed by atoms with Crippen LogP contribution in [-0.4, -0.2) is 31.3 Å². The van der Waals surface area contributed by atoms with E-state index in [0.29, 0.717) is 29.4 Å². The molecule has 0 saturated carbocycles. The third-order valence-electron chi connectivity index (χ3n) is 4.35. The normalized spacial score (nSPS) is 10.3. The Bertz CT molecular complexity index is 1010. The number of rotatable bonds is 7. The summed E-state index contributed by atoms with van der Waals surface area (Å²) >= 11 is 7.51. The predicted molar refractivity (Wildman–Crippen MR) is 124 cm³/mol. The van der Waals surface area contributed by atoms with Gasteiger partial charge in [-0.15, -0.1) is 11.8 Å². The average Bonchev–Trinajstić information content (AvgIpc) is 2.78. The number of urea groups is 1. The maximum Gasteiger partial charge on any atom is 0.319 e. The number of halogens is 1. The fourth-order valence-corrected chi connectivity index (χ4v) is 3.32. The first-order valence-electron chi connectivity index (χ1n) is 9.38. The molecule has 3 aromatic rings. The molecule has 30 heavy (non-hydrogen) atoms. The van der Waals surface area contributed by atoms with Crippen molar-refractivity contribution >= 4 is 41.0 Å². The molecule has 0 spiro atoms. The summed E-state index contributed by atoms with van der Waals surface area (Å²) in [5, 5.41) is 8.82. The molecule has 0 bridgehead atoms. The Morgan fingerprint density at radius 3 is 2.27 bits per heavy atom. The van der Waals surface area contributed by atoms with E-state index in [1.807, 2.05) is 36.6 Å². The summed E-state index contributed by atoms with van der Waals surface area (Å²) in [5.74, 6) is -0.183. The Balaban J connectivity index is 1.47. The monoisotopic (exact) mass is 439 g/mol. The second-order valence-corrected chi connectivity index (χ2v) is 7.77. The van der Waals surface area contributed by atoms with E-state index in [9.17, 15) is 9.59 Å². The van der Waals surface area contributed by atoms with Crippen LogP contribution in [0.15, 0.2) is 77.7 Å². The predicted octanol–water partition coefficient (Wildman–Crippen LogP) is 5.28. The van der Waals surface area contributed by atoms with Crippen molar-refractivity contribution in [3.63, 3.8) is 0 Å². The highest BCUT2D eigenvalue weighted by atomic mass is 35.5. The largest absolute Gasteiger partial charge is 0.350 e. The smallest absolute Gasteiger partial charge is 0.319 e. The maximum absolute atomic E-state index is 12.4. The Labute approximate surface area is 185 Å². The van der Waals surface area contributed by atoms with Crippen LogP contribution in [0.2, 0.25) is 5.02 Å². The summed E-state index contributed by atoms with van der Waals surface area (Å²) in [5.41, 5.74) is 3.26. The number of carbonyl (C=O) groups excluding carboxylic acids is 2. The standard InChI is InChI=1S/C23H22ClN3O2S/c1-30-21-11-5-16(6-12-21)17-3-2-4-18(15-17)22(28)25-13-14-26-23(29)27-20-9-7-19(24)8-10-20/h2-12,15H,13-14H2,1H3,(H,25,28)(H2,26,27,29). The maximum atomic E-state index is 12.4. The number of benzene rings is 3. The van der Waals surface area contributed by atoms with Gasteiger partial charge in [-0.2, -0.15) is 0 Å². The van der Waals surface area contributed by atoms with Gasteiger partial charge in [0, 0.05) is 34.3 Å². The quantitative estimate of drug-likeness (QED) is 0.346. The molecule has 0 saturated heterocycles. The van der Waals surface area contributed by atoms with E-state index in [2.05, 4.69) is 28.1 Å². The fourth-order valence-electron chi connectivity index (χ4n) is 2.79. The van der Waals surface area contributed by atoms with Gasteiger partial charge in [-0.1, -0.05) is 35.9 Å². The molecule has 3 rings (SSSR count). The van der Waals surface area contributed by atoms with E-state index in [-0.39, 0.29) is 11.9 Å². The molecule has 0 heterocycles. The minimum absolute atomic E-state index is 0.183. The molecule has 0 aliphatic carbocycles. The number of anilines is 1. The van der Waals surface area contributed by atoms with E-state index in [0.717, 1.165) is 11.1 Å². The molecule has 154 valence electrons. The molecule has 0 aliphatic heterocycles. The van der Waals surface area contributed by atoms with Crippen LogP contribution in [0.5, 0.6) is 0 Å². The Morgan fingerprint density at radius 2 is 1.57 bits per heavy atom. The summed E-state index contributed by atoms with van der Waals surface area (Å²) in [4.78, 5) is 25.5. The van der Waals surface area contributed by atoms with Crippen LogP contribution in [0.4, 0.5) is 10.5 Å². The highest BCUT2D eigenvalue weighted by Crippen LogP contribution is 2.23. The zero-order chi connectivity index (χ0) is 21.3. The third kappa shape index (κ3) is 6.27. The van der Waals surface area contributed by atoms with Crippen LogP contribution in [0.3, 0.4) is 0 Å². The molecule has 0 atom stereocenters. The SMILES string of the molecule is CSc1ccc(-c2cccc(C(=O)NCCNC(=O)Nc3ccc(Cl)cc3)c2)cc1. The van der Waals surface area contributed by atoms with Crippen LogP contribution in [0.25, 0.3) is 11.1 Å². The first-order valence-corrected chi connectivity index (χ1v) is 11.0. The van der Waals surface area contributed by atoms with Crippen LogP contribution in [0.1, 0.15) is 10.4 Å². The Kier molecular flexibility index (Phi) is 7.76. The first-order chi connectivity index (χ1) is 14.5. The molecule has 0 fully saturated rings. The summed E-state index contributed by atoms with van der Waals surface area (Å²) < 4.78 is 0. The molecule has 3 N–H and O–H groups in total. The third-order valence-corrected chi connectivity index (χ3v) is 5.34. The zero-order valence-corrected chi connectivity index (χ0v) is 18.0. The van der Waals surface area contributed by atoms with Crippen LogP contribution >= 0.6 is 23.4 Å². The van der Waals surface area contributed by atoms with Crippen LogP contribution in [-0.2, 0) is 0 Å². The topological polar surface area (TPSA) is 70.2 Å². The number of amides is 3. The molecule has 0 aromatic heterocycles. The van der Waals surface area contributed by atoms with Gasteiger partial charge in [0.15, 0.2) is 0 Å². The van der Waals surface area contributed by atoms with Gasteiger partial charge in [0.05, 0.1) is 0 Å². The van der Waals surface area contributed by atoms with Gasteiger partial charge in [-0.25, -0.2) is 4.79 Å². The van der Waals surface area contributed by atoms with Crippen molar-refractivity contribution in [1.29, 1.82) is 0 Å². The molecule has 0 radical (unpaired) electrons. The highest BCUT2D eigenvalue weighted by Gasteiger charge is 2.07. The lowest BCUT2D eigenvalue weighted by atomic mass is 10.0. The number of thioether (sulfide) groups is 1. The molecular formula is C23H22ClN3O2S. The van der Waals surface area contributed by atoms with E-state index in [4.69, 9.17) is 11.6 Å². The van der Waals surface area contributed by atoms with Crippen molar-refractivity contribution in [2.45, 2.75) is 4.90 Å². The number of nitrogens with one attached hydrogen (secondary N) is 3. The van der Waals surface area contributed by atoms with Gasteiger partial charge in [0.2, 0.25) is 0 Å². The molecular weight excluding hydrogens is 418 g/mol. The summed E-state index contributed by atoms with van der Waals surface area (Å²) in [7, 11) is 0.